The molecule has 0 aromatic carbocycles. The minimum Gasteiger partial charge on any atom is -0.313 e. The average molecular weight is 195 g/mol. The van der Waals surface area contributed by atoms with Crippen LogP contribution in [0.3, 0.4) is 0 Å². The quantitative estimate of drug-likeness (QED) is 0.779. The first kappa shape index (κ1) is 9.22. The summed E-state index contributed by atoms with van der Waals surface area (Å²) < 4.78 is 0. The Labute approximate surface area is 84.2 Å². The third-order valence-corrected chi connectivity index (χ3v) is 3.77. The summed E-state index contributed by atoms with van der Waals surface area (Å²) in [5.41, 5.74) is 0. The molecular formula is C11H17NS. The van der Waals surface area contributed by atoms with E-state index >= 15 is 0 Å². The molecule has 1 aromatic heterocycles. The third kappa shape index (κ3) is 2.55. The van der Waals surface area contributed by atoms with Gasteiger partial charge in [0.1, 0.15) is 0 Å². The van der Waals surface area contributed by atoms with Crippen molar-refractivity contribution >= 4 is 11.3 Å². The van der Waals surface area contributed by atoms with E-state index in [0.717, 1.165) is 12.6 Å². The van der Waals surface area contributed by atoms with E-state index < -0.39 is 0 Å². The highest BCUT2D eigenvalue weighted by Crippen LogP contribution is 2.25. The summed E-state index contributed by atoms with van der Waals surface area (Å²) in [4.78, 5) is 2.94. The van der Waals surface area contributed by atoms with Crippen LogP contribution < -0.4 is 5.32 Å². The van der Waals surface area contributed by atoms with E-state index in [1.807, 2.05) is 11.3 Å². The Morgan fingerprint density at radius 3 is 2.85 bits per heavy atom. The maximum Gasteiger partial charge on any atom is 0.00889 e. The van der Waals surface area contributed by atoms with E-state index in [-0.39, 0.29) is 0 Å². The van der Waals surface area contributed by atoms with E-state index in [1.54, 1.807) is 0 Å². The first-order valence-corrected chi connectivity index (χ1v) is 5.87. The minimum atomic E-state index is 0.680. The zero-order chi connectivity index (χ0) is 9.26. The summed E-state index contributed by atoms with van der Waals surface area (Å²) in [6, 6.07) is 5.32. The Bertz CT molecular complexity index is 275. The maximum absolute atomic E-state index is 3.57. The van der Waals surface area contributed by atoms with Gasteiger partial charge in [0, 0.05) is 28.3 Å². The van der Waals surface area contributed by atoms with Gasteiger partial charge in [-0.25, -0.2) is 0 Å². The molecule has 2 rings (SSSR count). The van der Waals surface area contributed by atoms with Crippen LogP contribution in [0.4, 0.5) is 0 Å². The molecule has 1 unspecified atom stereocenters. The topological polar surface area (TPSA) is 12.0 Å². The fourth-order valence-electron chi connectivity index (χ4n) is 1.45. The number of hydrogen-bond donors (Lipinski definition) is 1. The van der Waals surface area contributed by atoms with Crippen molar-refractivity contribution in [3.8, 4) is 0 Å². The van der Waals surface area contributed by atoms with Crippen LogP contribution in [0.5, 0.6) is 0 Å². The second kappa shape index (κ2) is 3.81. The molecule has 1 atom stereocenters. The van der Waals surface area contributed by atoms with Crippen LogP contribution in [-0.2, 0) is 0 Å². The van der Waals surface area contributed by atoms with Crippen molar-refractivity contribution in [1.82, 2.24) is 5.32 Å². The van der Waals surface area contributed by atoms with Crippen molar-refractivity contribution in [3.63, 3.8) is 0 Å². The van der Waals surface area contributed by atoms with Gasteiger partial charge in [0.25, 0.3) is 0 Å². The molecule has 1 aliphatic rings. The molecule has 1 N–H and O–H groups in total. The van der Waals surface area contributed by atoms with Gasteiger partial charge in [-0.05, 0) is 31.9 Å². The van der Waals surface area contributed by atoms with Gasteiger partial charge in [0.2, 0.25) is 0 Å². The molecule has 1 nitrogen and oxygen atoms in total. The Kier molecular flexibility index (Phi) is 2.70. The standard InChI is InChI=1S/C11H17NS/c1-8(7-12-10-4-5-10)11-6-3-9(2)13-11/h3,6,8,10,12H,4-5,7H2,1-2H3. The number of hydrogen-bond acceptors (Lipinski definition) is 2. The smallest absolute Gasteiger partial charge is 0.00889 e. The van der Waals surface area contributed by atoms with Crippen molar-refractivity contribution in [2.75, 3.05) is 6.54 Å². The van der Waals surface area contributed by atoms with E-state index in [1.165, 1.54) is 22.6 Å². The van der Waals surface area contributed by atoms with Gasteiger partial charge in [-0.3, -0.25) is 0 Å². The van der Waals surface area contributed by atoms with Crippen LogP contribution in [0.15, 0.2) is 12.1 Å². The highest BCUT2D eigenvalue weighted by Gasteiger charge is 2.21. The SMILES string of the molecule is Cc1ccc(C(C)CNC2CC2)s1. The first-order chi connectivity index (χ1) is 6.25. The normalized spacial score (nSPS) is 18.9. The van der Waals surface area contributed by atoms with Gasteiger partial charge in [-0.1, -0.05) is 6.92 Å². The third-order valence-electron chi connectivity index (χ3n) is 2.54. The van der Waals surface area contributed by atoms with Gasteiger partial charge in [0.15, 0.2) is 0 Å². The Morgan fingerprint density at radius 1 is 1.54 bits per heavy atom. The molecule has 0 amide bonds. The fraction of sp³-hybridized carbons (Fsp3) is 0.636. The second-order valence-electron chi connectivity index (χ2n) is 4.03. The largest absolute Gasteiger partial charge is 0.313 e. The van der Waals surface area contributed by atoms with Gasteiger partial charge in [-0.2, -0.15) is 0 Å². The average Bonchev–Trinajstić information content (AvgIpc) is 2.84. The molecule has 1 saturated carbocycles. The first-order valence-electron chi connectivity index (χ1n) is 5.05. The number of aryl methyl sites for hydroxylation is 1. The molecule has 2 heteroatoms. The summed E-state index contributed by atoms with van der Waals surface area (Å²) in [7, 11) is 0. The molecule has 0 radical (unpaired) electrons. The van der Waals surface area contributed by atoms with Crippen molar-refractivity contribution in [2.45, 2.75) is 38.6 Å². The minimum absolute atomic E-state index is 0.680. The monoisotopic (exact) mass is 195 g/mol. The summed E-state index contributed by atoms with van der Waals surface area (Å²) in [6.45, 7) is 5.63. The van der Waals surface area contributed by atoms with Gasteiger partial charge < -0.3 is 5.32 Å². The van der Waals surface area contributed by atoms with Crippen molar-refractivity contribution in [1.29, 1.82) is 0 Å². The van der Waals surface area contributed by atoms with E-state index in [4.69, 9.17) is 0 Å². The highest BCUT2D eigenvalue weighted by atomic mass is 32.1. The molecule has 0 bridgehead atoms. The lowest BCUT2D eigenvalue weighted by Gasteiger charge is -2.09. The van der Waals surface area contributed by atoms with E-state index in [9.17, 15) is 0 Å². The highest BCUT2D eigenvalue weighted by molar-refractivity contribution is 7.12. The molecule has 13 heavy (non-hydrogen) atoms. The summed E-state index contributed by atoms with van der Waals surface area (Å²) in [5, 5.41) is 3.57. The van der Waals surface area contributed by atoms with Crippen LogP contribution in [0.2, 0.25) is 0 Å². The van der Waals surface area contributed by atoms with Crippen LogP contribution in [0, 0.1) is 6.92 Å². The molecule has 1 aromatic rings. The zero-order valence-electron chi connectivity index (χ0n) is 8.34. The van der Waals surface area contributed by atoms with Gasteiger partial charge in [-0.15, -0.1) is 11.3 Å². The Balaban J connectivity index is 1.84. The van der Waals surface area contributed by atoms with Crippen molar-refractivity contribution < 1.29 is 0 Å². The fourth-order valence-corrected chi connectivity index (χ4v) is 2.38. The summed E-state index contributed by atoms with van der Waals surface area (Å²) >= 11 is 1.93. The lowest BCUT2D eigenvalue weighted by molar-refractivity contribution is 0.618. The molecular weight excluding hydrogens is 178 g/mol. The van der Waals surface area contributed by atoms with Crippen molar-refractivity contribution in [2.24, 2.45) is 0 Å². The molecule has 72 valence electrons. The lowest BCUT2D eigenvalue weighted by atomic mass is 10.1. The van der Waals surface area contributed by atoms with Gasteiger partial charge >= 0.3 is 0 Å². The van der Waals surface area contributed by atoms with Crippen molar-refractivity contribution in [3.05, 3.63) is 21.9 Å². The zero-order valence-corrected chi connectivity index (χ0v) is 9.16. The number of thiophene rings is 1. The lowest BCUT2D eigenvalue weighted by Crippen LogP contribution is -2.21. The molecule has 0 saturated heterocycles. The Morgan fingerprint density at radius 2 is 2.31 bits per heavy atom. The van der Waals surface area contributed by atoms with Gasteiger partial charge in [0.05, 0.1) is 0 Å². The number of rotatable bonds is 4. The summed E-state index contributed by atoms with van der Waals surface area (Å²) in [6.07, 6.45) is 2.77. The predicted octanol–water partition coefficient (Wildman–Crippen LogP) is 2.91. The van der Waals surface area contributed by atoms with E-state index in [0.29, 0.717) is 5.92 Å². The second-order valence-corrected chi connectivity index (χ2v) is 5.35. The predicted molar refractivity (Wildman–Crippen MR) is 58.5 cm³/mol. The van der Waals surface area contributed by atoms with Crippen LogP contribution >= 0.6 is 11.3 Å². The Hall–Kier alpha value is -0.340. The molecule has 1 aliphatic carbocycles. The van der Waals surface area contributed by atoms with E-state index in [2.05, 4.69) is 31.3 Å². The molecule has 0 aliphatic heterocycles. The molecule has 1 heterocycles. The van der Waals surface area contributed by atoms with Crippen LogP contribution in [-0.4, -0.2) is 12.6 Å². The molecule has 1 fully saturated rings. The molecule has 0 spiro atoms. The maximum atomic E-state index is 3.57. The van der Waals surface area contributed by atoms with Crippen LogP contribution in [0.1, 0.15) is 35.4 Å². The van der Waals surface area contributed by atoms with Crippen LogP contribution in [0.25, 0.3) is 0 Å². The summed E-state index contributed by atoms with van der Waals surface area (Å²) in [5.74, 6) is 0.680. The number of nitrogens with one attached hydrogen (secondary N) is 1.